The molecule has 0 atom stereocenters. The summed E-state index contributed by atoms with van der Waals surface area (Å²) in [5.74, 6) is -1.35. The normalized spacial score (nSPS) is 15.0. The van der Waals surface area contributed by atoms with E-state index in [1.807, 2.05) is 0 Å². The molecule has 0 unspecified atom stereocenters. The van der Waals surface area contributed by atoms with Crippen LogP contribution < -0.4 is 5.32 Å². The van der Waals surface area contributed by atoms with Gasteiger partial charge in [-0.15, -0.1) is 11.8 Å². The predicted molar refractivity (Wildman–Crippen MR) is 108 cm³/mol. The monoisotopic (exact) mass is 455 g/mol. The first-order valence-electron chi connectivity index (χ1n) is 8.82. The Labute approximate surface area is 176 Å². The molecule has 0 bridgehead atoms. The Morgan fingerprint density at radius 3 is 2.50 bits per heavy atom. The zero-order chi connectivity index (χ0) is 21.7. The van der Waals surface area contributed by atoms with Gasteiger partial charge in [0.2, 0.25) is 15.9 Å². The minimum atomic E-state index is -4.05. The number of nitro benzene ring substituents is 1. The van der Waals surface area contributed by atoms with E-state index in [0.29, 0.717) is 4.90 Å². The summed E-state index contributed by atoms with van der Waals surface area (Å²) in [6.45, 7) is 0.725. The van der Waals surface area contributed by atoms with E-state index in [9.17, 15) is 27.7 Å². The molecule has 2 aromatic rings. The number of rotatable bonds is 7. The molecule has 0 radical (unpaired) electrons. The second-order valence-electron chi connectivity index (χ2n) is 6.25. The topological polar surface area (TPSA) is 119 Å². The summed E-state index contributed by atoms with van der Waals surface area (Å²) in [5.41, 5.74) is 0.0988. The first-order chi connectivity index (χ1) is 14.3. The van der Waals surface area contributed by atoms with Crippen LogP contribution >= 0.6 is 11.8 Å². The number of benzene rings is 2. The highest BCUT2D eigenvalue weighted by Crippen LogP contribution is 2.25. The number of nitrogens with one attached hydrogen (secondary N) is 1. The number of morpholine rings is 1. The Bertz CT molecular complexity index is 1040. The number of nitrogens with zero attached hydrogens (tertiary/aromatic N) is 2. The van der Waals surface area contributed by atoms with Gasteiger partial charge in [-0.1, -0.05) is 0 Å². The largest absolute Gasteiger partial charge is 0.379 e. The number of amides is 1. The third kappa shape index (κ3) is 5.33. The van der Waals surface area contributed by atoms with Gasteiger partial charge in [-0.3, -0.25) is 14.9 Å². The van der Waals surface area contributed by atoms with Crippen LogP contribution in [0.25, 0.3) is 0 Å². The SMILES string of the molecule is O=C(CSc1ccc([N+](=O)[O-])cc1)Nc1ccc(F)c(S(=O)(=O)N2CCOCC2)c1. The number of nitro groups is 1. The van der Waals surface area contributed by atoms with E-state index in [2.05, 4.69) is 5.32 Å². The van der Waals surface area contributed by atoms with Crippen LogP contribution in [0.5, 0.6) is 0 Å². The van der Waals surface area contributed by atoms with E-state index in [0.717, 1.165) is 28.2 Å². The molecule has 1 fully saturated rings. The lowest BCUT2D eigenvalue weighted by Crippen LogP contribution is -2.40. The van der Waals surface area contributed by atoms with Gasteiger partial charge in [0.25, 0.3) is 5.69 Å². The number of halogens is 1. The molecule has 9 nitrogen and oxygen atoms in total. The summed E-state index contributed by atoms with van der Waals surface area (Å²) in [6, 6.07) is 9.09. The Morgan fingerprint density at radius 2 is 1.87 bits per heavy atom. The van der Waals surface area contributed by atoms with Crippen LogP contribution in [0.1, 0.15) is 0 Å². The van der Waals surface area contributed by atoms with Gasteiger partial charge in [0.1, 0.15) is 10.7 Å². The van der Waals surface area contributed by atoms with Gasteiger partial charge >= 0.3 is 0 Å². The van der Waals surface area contributed by atoms with Gasteiger partial charge in [-0.2, -0.15) is 4.31 Å². The molecule has 1 heterocycles. The number of thioether (sulfide) groups is 1. The molecule has 160 valence electrons. The fourth-order valence-corrected chi connectivity index (χ4v) is 4.91. The highest BCUT2D eigenvalue weighted by molar-refractivity contribution is 8.00. The third-order valence-corrected chi connectivity index (χ3v) is 7.15. The van der Waals surface area contributed by atoms with Crippen LogP contribution in [0, 0.1) is 15.9 Å². The second kappa shape index (κ2) is 9.51. The van der Waals surface area contributed by atoms with Crippen LogP contribution in [-0.2, 0) is 19.6 Å². The van der Waals surface area contributed by atoms with Gasteiger partial charge < -0.3 is 10.1 Å². The Morgan fingerprint density at radius 1 is 1.20 bits per heavy atom. The van der Waals surface area contributed by atoms with Gasteiger partial charge in [0.05, 0.1) is 23.9 Å². The molecule has 1 aliphatic heterocycles. The van der Waals surface area contributed by atoms with Crippen molar-refractivity contribution in [1.82, 2.24) is 4.31 Å². The Kier molecular flexibility index (Phi) is 7.02. The molecule has 12 heteroatoms. The fourth-order valence-electron chi connectivity index (χ4n) is 2.71. The lowest BCUT2D eigenvalue weighted by atomic mass is 10.3. The lowest BCUT2D eigenvalue weighted by molar-refractivity contribution is -0.384. The first kappa shape index (κ1) is 22.2. The minimum absolute atomic E-state index is 0.0132. The number of sulfonamides is 1. The van der Waals surface area contributed by atoms with E-state index in [1.54, 1.807) is 0 Å². The van der Waals surface area contributed by atoms with Gasteiger partial charge in [-0.25, -0.2) is 12.8 Å². The molecular weight excluding hydrogens is 437 g/mol. The summed E-state index contributed by atoms with van der Waals surface area (Å²) in [5, 5.41) is 13.2. The molecule has 0 aliphatic carbocycles. The van der Waals surface area contributed by atoms with Gasteiger partial charge in [-0.05, 0) is 30.3 Å². The maximum Gasteiger partial charge on any atom is 0.269 e. The van der Waals surface area contributed by atoms with E-state index < -0.39 is 31.6 Å². The van der Waals surface area contributed by atoms with Crippen molar-refractivity contribution in [2.45, 2.75) is 9.79 Å². The molecule has 1 saturated heterocycles. The number of hydrogen-bond acceptors (Lipinski definition) is 7. The molecule has 3 rings (SSSR count). The second-order valence-corrected chi connectivity index (χ2v) is 9.20. The number of ether oxygens (including phenoxy) is 1. The van der Waals surface area contributed by atoms with Crippen LogP contribution in [0.3, 0.4) is 0 Å². The molecule has 2 aromatic carbocycles. The van der Waals surface area contributed by atoms with E-state index in [1.165, 1.54) is 30.3 Å². The molecule has 1 aliphatic rings. The predicted octanol–water partition coefficient (Wildman–Crippen LogP) is 2.49. The molecule has 0 spiro atoms. The average molecular weight is 455 g/mol. The fraction of sp³-hybridized carbons (Fsp3) is 0.278. The van der Waals surface area contributed by atoms with Crippen LogP contribution in [-0.4, -0.2) is 55.6 Å². The van der Waals surface area contributed by atoms with Crippen molar-refractivity contribution < 1.29 is 27.3 Å². The molecular formula is C18H18FN3O6S2. The van der Waals surface area contributed by atoms with E-state index in [-0.39, 0.29) is 43.4 Å². The quantitative estimate of drug-likeness (QED) is 0.387. The maximum absolute atomic E-state index is 14.2. The standard InChI is InChI=1S/C18H18FN3O6S2/c19-16-6-1-13(11-17(16)30(26,27)21-7-9-28-10-8-21)20-18(23)12-29-15-4-2-14(3-5-15)22(24)25/h1-6,11H,7-10,12H2,(H,20,23). The van der Waals surface area contributed by atoms with Crippen molar-refractivity contribution in [3.8, 4) is 0 Å². The summed E-state index contributed by atoms with van der Waals surface area (Å²) >= 11 is 1.15. The van der Waals surface area contributed by atoms with Crippen molar-refractivity contribution in [3.63, 3.8) is 0 Å². The van der Waals surface area contributed by atoms with Crippen molar-refractivity contribution in [3.05, 3.63) is 58.4 Å². The zero-order valence-electron chi connectivity index (χ0n) is 15.6. The summed E-state index contributed by atoms with van der Waals surface area (Å²) in [7, 11) is -4.05. The third-order valence-electron chi connectivity index (χ3n) is 4.22. The number of non-ortho nitro benzene ring substituents is 1. The van der Waals surface area contributed by atoms with Crippen molar-refractivity contribution in [2.75, 3.05) is 37.4 Å². The van der Waals surface area contributed by atoms with E-state index >= 15 is 0 Å². The molecule has 0 saturated carbocycles. The van der Waals surface area contributed by atoms with Gasteiger partial charge in [0, 0.05) is 35.8 Å². The van der Waals surface area contributed by atoms with Crippen molar-refractivity contribution in [2.24, 2.45) is 0 Å². The van der Waals surface area contributed by atoms with E-state index in [4.69, 9.17) is 4.74 Å². The maximum atomic E-state index is 14.2. The van der Waals surface area contributed by atoms with Crippen molar-refractivity contribution >= 4 is 39.1 Å². The Hall–Kier alpha value is -2.54. The van der Waals surface area contributed by atoms with Crippen LogP contribution in [0.2, 0.25) is 0 Å². The lowest BCUT2D eigenvalue weighted by Gasteiger charge is -2.26. The molecule has 0 aromatic heterocycles. The number of carbonyl (C=O) groups is 1. The highest BCUT2D eigenvalue weighted by Gasteiger charge is 2.29. The number of carbonyl (C=O) groups excluding carboxylic acids is 1. The zero-order valence-corrected chi connectivity index (χ0v) is 17.2. The van der Waals surface area contributed by atoms with Crippen molar-refractivity contribution in [1.29, 1.82) is 0 Å². The smallest absolute Gasteiger partial charge is 0.269 e. The minimum Gasteiger partial charge on any atom is -0.379 e. The number of anilines is 1. The molecule has 30 heavy (non-hydrogen) atoms. The summed E-state index contributed by atoms with van der Waals surface area (Å²) in [6.07, 6.45) is 0. The first-order valence-corrected chi connectivity index (χ1v) is 11.2. The summed E-state index contributed by atoms with van der Waals surface area (Å²) in [4.78, 5) is 22.5. The average Bonchev–Trinajstić information content (AvgIpc) is 2.74. The van der Waals surface area contributed by atoms with Crippen LogP contribution in [0.4, 0.5) is 15.8 Å². The molecule has 1 amide bonds. The number of hydrogen-bond donors (Lipinski definition) is 1. The molecule has 1 N–H and O–H groups in total. The van der Waals surface area contributed by atoms with Gasteiger partial charge in [0.15, 0.2) is 0 Å². The Balaban J connectivity index is 1.65. The highest BCUT2D eigenvalue weighted by atomic mass is 32.2. The van der Waals surface area contributed by atoms with Crippen LogP contribution in [0.15, 0.2) is 52.3 Å². The summed E-state index contributed by atoms with van der Waals surface area (Å²) < 4.78 is 45.9.